The number of para-hydroxylation sites is 1. The summed E-state index contributed by atoms with van der Waals surface area (Å²) in [7, 11) is 1.92. The summed E-state index contributed by atoms with van der Waals surface area (Å²) in [5.41, 5.74) is 3.45. The van der Waals surface area contributed by atoms with Crippen LogP contribution in [0.2, 0.25) is 0 Å². The van der Waals surface area contributed by atoms with Crippen LogP contribution in [0.4, 0.5) is 5.69 Å². The van der Waals surface area contributed by atoms with Crippen LogP contribution in [0.1, 0.15) is 21.6 Å². The van der Waals surface area contributed by atoms with Crippen LogP contribution in [0.5, 0.6) is 5.75 Å². The highest BCUT2D eigenvalue weighted by molar-refractivity contribution is 6.05. The zero-order valence-corrected chi connectivity index (χ0v) is 13.8. The van der Waals surface area contributed by atoms with E-state index >= 15 is 0 Å². The summed E-state index contributed by atoms with van der Waals surface area (Å²) in [6.07, 6.45) is 1.88. The van der Waals surface area contributed by atoms with E-state index in [9.17, 15) is 4.79 Å². The molecule has 4 heteroatoms. The third-order valence-electron chi connectivity index (χ3n) is 3.99. The zero-order chi connectivity index (χ0) is 16.9. The lowest BCUT2D eigenvalue weighted by atomic mass is 10.2. The fourth-order valence-electron chi connectivity index (χ4n) is 2.41. The van der Waals surface area contributed by atoms with E-state index in [4.69, 9.17) is 4.74 Å². The Balaban J connectivity index is 1.60. The number of aryl methyl sites for hydroxylation is 1. The van der Waals surface area contributed by atoms with Crippen LogP contribution in [-0.2, 0) is 13.7 Å². The molecule has 1 amide bonds. The molecule has 4 nitrogen and oxygen atoms in total. The number of carbonyl (C=O) groups excluding carboxylic acids is 1. The molecule has 3 aromatic rings. The lowest BCUT2D eigenvalue weighted by molar-refractivity contribution is 0.102. The van der Waals surface area contributed by atoms with Crippen molar-refractivity contribution >= 4 is 11.6 Å². The first-order chi connectivity index (χ1) is 11.6. The van der Waals surface area contributed by atoms with E-state index in [1.807, 2.05) is 85.4 Å². The molecule has 2 aromatic carbocycles. The van der Waals surface area contributed by atoms with Crippen LogP contribution in [0, 0.1) is 6.92 Å². The summed E-state index contributed by atoms with van der Waals surface area (Å²) < 4.78 is 7.64. The maximum absolute atomic E-state index is 12.3. The van der Waals surface area contributed by atoms with Gasteiger partial charge in [-0.05, 0) is 42.8 Å². The molecule has 1 N–H and O–H groups in total. The van der Waals surface area contributed by atoms with Crippen LogP contribution in [0.15, 0.2) is 66.9 Å². The molecule has 0 radical (unpaired) electrons. The third-order valence-corrected chi connectivity index (χ3v) is 3.99. The van der Waals surface area contributed by atoms with Crippen molar-refractivity contribution in [3.63, 3.8) is 0 Å². The van der Waals surface area contributed by atoms with E-state index in [1.165, 1.54) is 0 Å². The van der Waals surface area contributed by atoms with Crippen LogP contribution < -0.4 is 10.1 Å². The number of ether oxygens (including phenoxy) is 1. The highest BCUT2D eigenvalue weighted by Gasteiger charge is 2.11. The van der Waals surface area contributed by atoms with Gasteiger partial charge in [-0.25, -0.2) is 0 Å². The maximum atomic E-state index is 12.3. The van der Waals surface area contributed by atoms with Gasteiger partial charge in [-0.1, -0.05) is 30.3 Å². The summed E-state index contributed by atoms with van der Waals surface area (Å²) >= 11 is 0. The topological polar surface area (TPSA) is 43.3 Å². The second-order valence-electron chi connectivity index (χ2n) is 5.68. The molecule has 0 saturated heterocycles. The first kappa shape index (κ1) is 15.9. The Labute approximate surface area is 141 Å². The molecule has 0 bridgehead atoms. The molecule has 0 aliphatic heterocycles. The Morgan fingerprint density at radius 1 is 1.04 bits per heavy atom. The smallest absolute Gasteiger partial charge is 0.257 e. The normalized spacial score (nSPS) is 10.4. The Morgan fingerprint density at radius 2 is 1.75 bits per heavy atom. The van der Waals surface area contributed by atoms with Crippen molar-refractivity contribution in [1.29, 1.82) is 0 Å². The maximum Gasteiger partial charge on any atom is 0.257 e. The minimum atomic E-state index is -0.0959. The van der Waals surface area contributed by atoms with Crippen LogP contribution >= 0.6 is 0 Å². The summed E-state index contributed by atoms with van der Waals surface area (Å²) in [5, 5.41) is 2.92. The summed E-state index contributed by atoms with van der Waals surface area (Å²) in [5.74, 6) is 0.746. The lowest BCUT2D eigenvalue weighted by Crippen LogP contribution is -2.13. The monoisotopic (exact) mass is 320 g/mol. The fourth-order valence-corrected chi connectivity index (χ4v) is 2.41. The van der Waals surface area contributed by atoms with E-state index in [0.29, 0.717) is 12.2 Å². The van der Waals surface area contributed by atoms with Crippen molar-refractivity contribution in [2.45, 2.75) is 13.5 Å². The molecule has 0 aliphatic carbocycles. The molecule has 1 aromatic heterocycles. The van der Waals surface area contributed by atoms with Crippen LogP contribution in [-0.4, -0.2) is 10.5 Å². The van der Waals surface area contributed by atoms with Crippen molar-refractivity contribution in [3.8, 4) is 5.75 Å². The molecule has 0 unspecified atom stereocenters. The van der Waals surface area contributed by atoms with Gasteiger partial charge in [0.05, 0.1) is 5.56 Å². The molecule has 24 heavy (non-hydrogen) atoms. The molecular formula is C20H20N2O2. The minimum Gasteiger partial charge on any atom is -0.489 e. The average molecular weight is 320 g/mol. The number of rotatable bonds is 5. The summed E-state index contributed by atoms with van der Waals surface area (Å²) in [6.45, 7) is 2.43. The largest absolute Gasteiger partial charge is 0.489 e. The molecule has 0 saturated carbocycles. The second-order valence-corrected chi connectivity index (χ2v) is 5.68. The molecule has 0 fully saturated rings. The van der Waals surface area contributed by atoms with Gasteiger partial charge in [0.1, 0.15) is 12.4 Å². The zero-order valence-electron chi connectivity index (χ0n) is 13.8. The van der Waals surface area contributed by atoms with Gasteiger partial charge in [0, 0.05) is 24.6 Å². The SMILES string of the molecule is Cc1c(C(=O)Nc2ccc(COc3ccccc3)cc2)ccn1C. The number of amides is 1. The van der Waals surface area contributed by atoms with E-state index in [1.54, 1.807) is 0 Å². The lowest BCUT2D eigenvalue weighted by Gasteiger charge is -2.08. The Hall–Kier alpha value is -3.01. The molecule has 0 atom stereocenters. The van der Waals surface area contributed by atoms with Gasteiger partial charge < -0.3 is 14.6 Å². The van der Waals surface area contributed by atoms with Crippen LogP contribution in [0.3, 0.4) is 0 Å². The van der Waals surface area contributed by atoms with Crippen molar-refractivity contribution in [1.82, 2.24) is 4.57 Å². The first-order valence-electron chi connectivity index (χ1n) is 7.83. The number of benzene rings is 2. The number of aromatic nitrogens is 1. The standard InChI is InChI=1S/C20H20N2O2/c1-15-19(12-13-22(15)2)20(23)21-17-10-8-16(9-11-17)14-24-18-6-4-3-5-7-18/h3-13H,14H2,1-2H3,(H,21,23). The third kappa shape index (κ3) is 3.66. The van der Waals surface area contributed by atoms with Crippen LogP contribution in [0.25, 0.3) is 0 Å². The van der Waals surface area contributed by atoms with E-state index in [-0.39, 0.29) is 5.91 Å². The highest BCUT2D eigenvalue weighted by Crippen LogP contribution is 2.16. The molecule has 1 heterocycles. The summed E-state index contributed by atoms with van der Waals surface area (Å²) in [6, 6.07) is 19.2. The predicted octanol–water partition coefficient (Wildman–Crippen LogP) is 4.16. The van der Waals surface area contributed by atoms with Gasteiger partial charge in [0.15, 0.2) is 0 Å². The Bertz CT molecular complexity index is 821. The number of hydrogen-bond acceptors (Lipinski definition) is 2. The van der Waals surface area contributed by atoms with Crippen molar-refractivity contribution in [2.24, 2.45) is 7.05 Å². The highest BCUT2D eigenvalue weighted by atomic mass is 16.5. The van der Waals surface area contributed by atoms with E-state index in [2.05, 4.69) is 5.32 Å². The predicted molar refractivity (Wildman–Crippen MR) is 95.3 cm³/mol. The van der Waals surface area contributed by atoms with Gasteiger partial charge in [-0.15, -0.1) is 0 Å². The van der Waals surface area contributed by atoms with E-state index in [0.717, 1.165) is 22.7 Å². The van der Waals surface area contributed by atoms with Gasteiger partial charge in [0.25, 0.3) is 5.91 Å². The van der Waals surface area contributed by atoms with E-state index < -0.39 is 0 Å². The molecule has 0 spiro atoms. The second kappa shape index (κ2) is 7.04. The van der Waals surface area contributed by atoms with Crippen molar-refractivity contribution in [2.75, 3.05) is 5.32 Å². The molecule has 0 aliphatic rings. The van der Waals surface area contributed by atoms with Gasteiger partial charge in [0.2, 0.25) is 0 Å². The Kier molecular flexibility index (Phi) is 4.66. The number of anilines is 1. The number of nitrogens with zero attached hydrogens (tertiary/aromatic N) is 1. The average Bonchev–Trinajstić information content (AvgIpc) is 2.94. The van der Waals surface area contributed by atoms with Gasteiger partial charge in [-0.3, -0.25) is 4.79 Å². The number of hydrogen-bond donors (Lipinski definition) is 1. The fraction of sp³-hybridized carbons (Fsp3) is 0.150. The number of carbonyl (C=O) groups is 1. The minimum absolute atomic E-state index is 0.0959. The van der Waals surface area contributed by atoms with Crippen molar-refractivity contribution < 1.29 is 9.53 Å². The summed E-state index contributed by atoms with van der Waals surface area (Å²) in [4.78, 5) is 12.3. The van der Waals surface area contributed by atoms with Gasteiger partial charge in [-0.2, -0.15) is 0 Å². The quantitative estimate of drug-likeness (QED) is 0.767. The van der Waals surface area contributed by atoms with Crippen molar-refractivity contribution in [3.05, 3.63) is 83.7 Å². The number of nitrogens with one attached hydrogen (secondary N) is 1. The molecule has 3 rings (SSSR count). The molecular weight excluding hydrogens is 300 g/mol. The first-order valence-corrected chi connectivity index (χ1v) is 7.83. The van der Waals surface area contributed by atoms with Gasteiger partial charge >= 0.3 is 0 Å². The molecule has 122 valence electrons. The Morgan fingerprint density at radius 3 is 2.38 bits per heavy atom.